The molecule has 0 fully saturated rings. The number of benzene rings is 3. The Labute approximate surface area is 187 Å². The fraction of sp³-hybridized carbons (Fsp3) is 0.0417. The van der Waals surface area contributed by atoms with Gasteiger partial charge in [0, 0.05) is 17.7 Å². The third-order valence-electron chi connectivity index (χ3n) is 4.70. The maximum Gasteiger partial charge on any atom is 0.271 e. The molecule has 0 unspecified atom stereocenters. The van der Waals surface area contributed by atoms with E-state index in [0.29, 0.717) is 27.8 Å². The van der Waals surface area contributed by atoms with Crippen LogP contribution in [0.25, 0.3) is 11.0 Å². The average molecular weight is 443 g/mol. The van der Waals surface area contributed by atoms with Crippen LogP contribution >= 0.6 is 0 Å². The summed E-state index contributed by atoms with van der Waals surface area (Å²) in [6.45, 7) is 0.0251. The molecule has 4 rings (SSSR count). The number of hydrogen-bond acceptors (Lipinski definition) is 7. The van der Waals surface area contributed by atoms with Crippen molar-refractivity contribution < 1.29 is 18.9 Å². The Balaban J connectivity index is 1.40. The summed E-state index contributed by atoms with van der Waals surface area (Å²) in [4.78, 5) is 35.0. The Bertz CT molecular complexity index is 1430. The van der Waals surface area contributed by atoms with Gasteiger partial charge in [0.2, 0.25) is 0 Å². The van der Waals surface area contributed by atoms with Crippen LogP contribution in [0.5, 0.6) is 5.75 Å². The van der Waals surface area contributed by atoms with Crippen molar-refractivity contribution in [3.63, 3.8) is 0 Å². The standard InChI is InChI=1S/C24H17N3O6/c28-23-18(15-33-22-10-2-1-9-21(22)23)14-32-20-8-3-5-16(11-20)13-25-26-24(29)17-6-4-7-19(12-17)27(30)31/h1-13,15H,14H2,(H,26,29)/b25-13+. The first-order chi connectivity index (χ1) is 16.0. The van der Waals surface area contributed by atoms with Crippen molar-refractivity contribution in [3.05, 3.63) is 116 Å². The number of hydrazone groups is 1. The molecule has 0 atom stereocenters. The van der Waals surface area contributed by atoms with E-state index in [1.165, 1.54) is 36.7 Å². The number of non-ortho nitro benzene ring substituents is 1. The van der Waals surface area contributed by atoms with Crippen LogP contribution in [0.2, 0.25) is 0 Å². The van der Waals surface area contributed by atoms with Gasteiger partial charge in [0.05, 0.1) is 22.1 Å². The quantitative estimate of drug-likeness (QED) is 0.261. The number of fused-ring (bicyclic) bond motifs is 1. The SMILES string of the molecule is O=C(N/N=C/c1cccc(OCc2coc3ccccc3c2=O)c1)c1cccc([N+](=O)[O-])c1. The van der Waals surface area contributed by atoms with Crippen LogP contribution in [0.1, 0.15) is 21.5 Å². The lowest BCUT2D eigenvalue weighted by atomic mass is 10.2. The number of nitrogens with zero attached hydrogens (tertiary/aromatic N) is 2. The van der Waals surface area contributed by atoms with E-state index in [0.717, 1.165) is 0 Å². The van der Waals surface area contributed by atoms with Crippen molar-refractivity contribution in [2.75, 3.05) is 0 Å². The zero-order chi connectivity index (χ0) is 23.2. The number of amides is 1. The van der Waals surface area contributed by atoms with E-state index in [-0.39, 0.29) is 23.3 Å². The molecule has 0 bridgehead atoms. The zero-order valence-electron chi connectivity index (χ0n) is 17.1. The average Bonchev–Trinajstić information content (AvgIpc) is 2.84. The zero-order valence-corrected chi connectivity index (χ0v) is 17.1. The van der Waals surface area contributed by atoms with Gasteiger partial charge in [-0.05, 0) is 35.9 Å². The smallest absolute Gasteiger partial charge is 0.271 e. The van der Waals surface area contributed by atoms with Crippen LogP contribution in [-0.4, -0.2) is 17.0 Å². The van der Waals surface area contributed by atoms with E-state index in [1.807, 2.05) is 0 Å². The molecule has 1 heterocycles. The van der Waals surface area contributed by atoms with Crippen LogP contribution in [0.4, 0.5) is 5.69 Å². The van der Waals surface area contributed by atoms with Crippen molar-refractivity contribution in [2.24, 2.45) is 5.10 Å². The number of nitro benzene ring substituents is 1. The molecule has 0 saturated heterocycles. The van der Waals surface area contributed by atoms with Gasteiger partial charge in [-0.1, -0.05) is 30.3 Å². The van der Waals surface area contributed by atoms with E-state index in [2.05, 4.69) is 10.5 Å². The predicted molar refractivity (Wildman–Crippen MR) is 121 cm³/mol. The van der Waals surface area contributed by atoms with Crippen LogP contribution in [0, 0.1) is 10.1 Å². The number of hydrogen-bond donors (Lipinski definition) is 1. The van der Waals surface area contributed by atoms with Gasteiger partial charge in [-0.15, -0.1) is 0 Å². The van der Waals surface area contributed by atoms with Crippen molar-refractivity contribution >= 4 is 28.8 Å². The van der Waals surface area contributed by atoms with Gasteiger partial charge in [-0.3, -0.25) is 19.7 Å². The van der Waals surface area contributed by atoms with Crippen molar-refractivity contribution in [1.82, 2.24) is 5.43 Å². The topological polar surface area (TPSA) is 124 Å². The molecule has 0 spiro atoms. The molecule has 0 aliphatic carbocycles. The summed E-state index contributed by atoms with van der Waals surface area (Å²) in [6.07, 6.45) is 2.80. The number of para-hydroxylation sites is 1. The summed E-state index contributed by atoms with van der Waals surface area (Å²) in [5.74, 6) is -0.0816. The molecule has 4 aromatic rings. The Morgan fingerprint density at radius 3 is 2.76 bits per heavy atom. The van der Waals surface area contributed by atoms with E-state index >= 15 is 0 Å². The number of carbonyl (C=O) groups is 1. The fourth-order valence-electron chi connectivity index (χ4n) is 3.05. The molecule has 0 saturated carbocycles. The normalized spacial score (nSPS) is 10.9. The van der Waals surface area contributed by atoms with E-state index in [1.54, 1.807) is 48.5 Å². The molecular formula is C24H17N3O6. The molecule has 0 radical (unpaired) electrons. The molecule has 9 nitrogen and oxygen atoms in total. The number of rotatable bonds is 7. The van der Waals surface area contributed by atoms with Gasteiger partial charge >= 0.3 is 0 Å². The summed E-state index contributed by atoms with van der Waals surface area (Å²) in [5.41, 5.74) is 3.64. The van der Waals surface area contributed by atoms with Crippen LogP contribution in [0.15, 0.2) is 93.4 Å². The molecule has 1 amide bonds. The lowest BCUT2D eigenvalue weighted by Gasteiger charge is -2.07. The lowest BCUT2D eigenvalue weighted by molar-refractivity contribution is -0.384. The highest BCUT2D eigenvalue weighted by Crippen LogP contribution is 2.16. The molecule has 0 aliphatic heterocycles. The maximum absolute atomic E-state index is 12.6. The summed E-state index contributed by atoms with van der Waals surface area (Å²) in [6, 6.07) is 19.2. The van der Waals surface area contributed by atoms with Crippen LogP contribution in [-0.2, 0) is 6.61 Å². The van der Waals surface area contributed by atoms with Crippen molar-refractivity contribution in [1.29, 1.82) is 0 Å². The second-order valence-electron chi connectivity index (χ2n) is 6.95. The highest BCUT2D eigenvalue weighted by molar-refractivity contribution is 5.95. The molecular weight excluding hydrogens is 426 g/mol. The molecule has 1 N–H and O–H groups in total. The van der Waals surface area contributed by atoms with Gasteiger partial charge in [0.1, 0.15) is 24.2 Å². The molecule has 0 aliphatic rings. The molecule has 33 heavy (non-hydrogen) atoms. The summed E-state index contributed by atoms with van der Waals surface area (Å²) < 4.78 is 11.2. The minimum atomic E-state index is -0.578. The lowest BCUT2D eigenvalue weighted by Crippen LogP contribution is -2.17. The summed E-state index contributed by atoms with van der Waals surface area (Å²) >= 11 is 0. The monoisotopic (exact) mass is 443 g/mol. The second-order valence-corrected chi connectivity index (χ2v) is 6.95. The van der Waals surface area contributed by atoms with Crippen molar-refractivity contribution in [3.8, 4) is 5.75 Å². The summed E-state index contributed by atoms with van der Waals surface area (Å²) in [5, 5.41) is 15.2. The Kier molecular flexibility index (Phi) is 6.21. The Morgan fingerprint density at radius 2 is 1.91 bits per heavy atom. The predicted octanol–water partition coefficient (Wildman–Crippen LogP) is 4.04. The first-order valence-corrected chi connectivity index (χ1v) is 9.81. The Morgan fingerprint density at radius 1 is 1.09 bits per heavy atom. The van der Waals surface area contributed by atoms with Gasteiger partial charge in [-0.25, -0.2) is 5.43 Å². The number of ether oxygens (including phenoxy) is 1. The second kappa shape index (κ2) is 9.56. The molecule has 9 heteroatoms. The molecule has 1 aromatic heterocycles. The minimum absolute atomic E-state index is 0.0251. The molecule has 3 aromatic carbocycles. The molecule has 164 valence electrons. The highest BCUT2D eigenvalue weighted by Gasteiger charge is 2.11. The fourth-order valence-corrected chi connectivity index (χ4v) is 3.05. The third-order valence-corrected chi connectivity index (χ3v) is 4.70. The van der Waals surface area contributed by atoms with Crippen LogP contribution < -0.4 is 15.6 Å². The largest absolute Gasteiger partial charge is 0.489 e. The highest BCUT2D eigenvalue weighted by atomic mass is 16.6. The first-order valence-electron chi connectivity index (χ1n) is 9.81. The van der Waals surface area contributed by atoms with Gasteiger partial charge in [-0.2, -0.15) is 5.10 Å². The number of nitrogens with one attached hydrogen (secondary N) is 1. The summed E-state index contributed by atoms with van der Waals surface area (Å²) in [7, 11) is 0. The van der Waals surface area contributed by atoms with Gasteiger partial charge in [0.15, 0.2) is 5.43 Å². The minimum Gasteiger partial charge on any atom is -0.489 e. The third kappa shape index (κ3) is 5.10. The van der Waals surface area contributed by atoms with Crippen molar-refractivity contribution in [2.45, 2.75) is 6.61 Å². The van der Waals surface area contributed by atoms with Gasteiger partial charge < -0.3 is 9.15 Å². The van der Waals surface area contributed by atoms with E-state index in [9.17, 15) is 19.7 Å². The number of carbonyl (C=O) groups excluding carboxylic acids is 1. The van der Waals surface area contributed by atoms with Gasteiger partial charge in [0.25, 0.3) is 11.6 Å². The van der Waals surface area contributed by atoms with Crippen LogP contribution in [0.3, 0.4) is 0 Å². The van der Waals surface area contributed by atoms with E-state index < -0.39 is 10.8 Å². The van der Waals surface area contributed by atoms with E-state index in [4.69, 9.17) is 9.15 Å². The first kappa shape index (κ1) is 21.4. The maximum atomic E-state index is 12.6. The Hall–Kier alpha value is -4.79. The number of nitro groups is 1.